The zero-order valence-corrected chi connectivity index (χ0v) is 24.1. The Morgan fingerprint density at radius 3 is 2.13 bits per heavy atom. The maximum Gasteiger partial charge on any atom is 0.264 e. The minimum atomic E-state index is -4.17. The van der Waals surface area contributed by atoms with Gasteiger partial charge in [-0.2, -0.15) is 0 Å². The summed E-state index contributed by atoms with van der Waals surface area (Å²) in [6, 6.07) is 21.0. The highest BCUT2D eigenvalue weighted by molar-refractivity contribution is 7.92. The van der Waals surface area contributed by atoms with Gasteiger partial charge in [-0.25, -0.2) is 8.42 Å². The lowest BCUT2D eigenvalue weighted by atomic mass is 10.1. The van der Waals surface area contributed by atoms with Crippen LogP contribution in [0.4, 0.5) is 5.69 Å². The van der Waals surface area contributed by atoms with Crippen LogP contribution in [0.3, 0.4) is 0 Å². The first-order valence-corrected chi connectivity index (χ1v) is 14.4. The van der Waals surface area contributed by atoms with Crippen molar-refractivity contribution < 1.29 is 22.7 Å². The Labute approximate surface area is 235 Å². The third-order valence-electron chi connectivity index (χ3n) is 6.12. The van der Waals surface area contributed by atoms with Crippen molar-refractivity contribution in [3.8, 4) is 5.75 Å². The van der Waals surface area contributed by atoms with E-state index in [4.69, 9.17) is 16.3 Å². The molecule has 0 aliphatic heterocycles. The van der Waals surface area contributed by atoms with Crippen molar-refractivity contribution >= 4 is 39.1 Å². The summed E-state index contributed by atoms with van der Waals surface area (Å²) in [5, 5.41) is 3.04. The Morgan fingerprint density at radius 2 is 1.56 bits per heavy atom. The second-order valence-electron chi connectivity index (χ2n) is 9.31. The summed E-state index contributed by atoms with van der Waals surface area (Å²) in [5.74, 6) is -0.479. The summed E-state index contributed by atoms with van der Waals surface area (Å²) in [6.45, 7) is 5.00. The normalized spacial score (nSPS) is 12.1. The SMILES string of the molecule is COc1ccc(N(CC(=O)N(CCc2ccccc2)[C@H](C)C(=O)NC(C)C)S(=O)(=O)c2ccccc2)cc1Cl. The van der Waals surface area contributed by atoms with E-state index in [1.807, 2.05) is 44.2 Å². The Morgan fingerprint density at radius 1 is 0.949 bits per heavy atom. The summed E-state index contributed by atoms with van der Waals surface area (Å²) in [6.07, 6.45) is 0.492. The standard InChI is InChI=1S/C29H34ClN3O5S/c1-21(2)31-29(35)22(3)32(18-17-23-11-7-5-8-12-23)28(34)20-33(24-15-16-27(38-4)26(30)19-24)39(36,37)25-13-9-6-10-14-25/h5-16,19,21-22H,17-18,20H2,1-4H3,(H,31,35)/t22-/m1/s1. The second-order valence-corrected chi connectivity index (χ2v) is 11.6. The van der Waals surface area contributed by atoms with Crippen LogP contribution in [0.25, 0.3) is 0 Å². The number of ether oxygens (including phenoxy) is 1. The van der Waals surface area contributed by atoms with Crippen molar-refractivity contribution in [2.24, 2.45) is 0 Å². The first kappa shape index (κ1) is 30.0. The van der Waals surface area contributed by atoms with Gasteiger partial charge in [0, 0.05) is 12.6 Å². The molecule has 0 bridgehead atoms. The molecule has 39 heavy (non-hydrogen) atoms. The van der Waals surface area contributed by atoms with Gasteiger partial charge in [0.1, 0.15) is 18.3 Å². The van der Waals surface area contributed by atoms with Crippen molar-refractivity contribution in [2.75, 3.05) is 24.5 Å². The molecule has 0 aliphatic rings. The minimum Gasteiger partial charge on any atom is -0.495 e. The third kappa shape index (κ3) is 7.74. The van der Waals surface area contributed by atoms with Crippen LogP contribution in [-0.4, -0.2) is 57.4 Å². The van der Waals surface area contributed by atoms with Crippen LogP contribution in [0.1, 0.15) is 26.3 Å². The molecule has 0 saturated heterocycles. The van der Waals surface area contributed by atoms with Gasteiger partial charge in [-0.3, -0.25) is 13.9 Å². The average molecular weight is 572 g/mol. The number of sulfonamides is 1. The molecule has 10 heteroatoms. The van der Waals surface area contributed by atoms with Crippen LogP contribution >= 0.6 is 11.6 Å². The summed E-state index contributed by atoms with van der Waals surface area (Å²) >= 11 is 6.33. The predicted octanol–water partition coefficient (Wildman–Crippen LogP) is 4.53. The zero-order valence-electron chi connectivity index (χ0n) is 22.5. The number of hydrogen-bond donors (Lipinski definition) is 1. The number of rotatable bonds is 12. The molecule has 0 aromatic heterocycles. The summed E-state index contributed by atoms with van der Waals surface area (Å²) in [5.41, 5.74) is 1.18. The van der Waals surface area contributed by atoms with Crippen molar-refractivity contribution in [2.45, 2.75) is 44.2 Å². The van der Waals surface area contributed by atoms with Crippen molar-refractivity contribution in [3.05, 3.63) is 89.4 Å². The molecule has 0 radical (unpaired) electrons. The lowest BCUT2D eigenvalue weighted by molar-refractivity contribution is -0.139. The number of anilines is 1. The van der Waals surface area contributed by atoms with Crippen LogP contribution in [0.2, 0.25) is 5.02 Å². The fraction of sp³-hybridized carbons (Fsp3) is 0.310. The molecule has 1 atom stereocenters. The highest BCUT2D eigenvalue weighted by atomic mass is 35.5. The van der Waals surface area contributed by atoms with E-state index in [1.54, 1.807) is 31.2 Å². The first-order valence-electron chi connectivity index (χ1n) is 12.6. The van der Waals surface area contributed by atoms with E-state index >= 15 is 0 Å². The maximum atomic E-state index is 13.8. The number of amides is 2. The van der Waals surface area contributed by atoms with Crippen molar-refractivity contribution in [3.63, 3.8) is 0 Å². The summed E-state index contributed by atoms with van der Waals surface area (Å²) < 4.78 is 33.8. The number of benzene rings is 3. The van der Waals surface area contributed by atoms with Crippen molar-refractivity contribution in [1.82, 2.24) is 10.2 Å². The Bertz CT molecular complexity index is 1370. The highest BCUT2D eigenvalue weighted by Gasteiger charge is 2.32. The van der Waals surface area contributed by atoms with Gasteiger partial charge in [0.05, 0.1) is 22.7 Å². The van der Waals surface area contributed by atoms with Crippen LogP contribution in [0.15, 0.2) is 83.8 Å². The molecule has 0 fully saturated rings. The van der Waals surface area contributed by atoms with Gasteiger partial charge in [0.15, 0.2) is 0 Å². The number of nitrogens with one attached hydrogen (secondary N) is 1. The molecule has 0 aliphatic carbocycles. The lowest BCUT2D eigenvalue weighted by Gasteiger charge is -2.32. The maximum absolute atomic E-state index is 13.8. The first-order chi connectivity index (χ1) is 18.5. The second kappa shape index (κ2) is 13.5. The Kier molecular flexibility index (Phi) is 10.4. The number of carbonyl (C=O) groups excluding carboxylic acids is 2. The van der Waals surface area contributed by atoms with Crippen LogP contribution in [0, 0.1) is 0 Å². The topological polar surface area (TPSA) is 96.0 Å². The average Bonchev–Trinajstić information content (AvgIpc) is 2.92. The van der Waals surface area contributed by atoms with Gasteiger partial charge >= 0.3 is 0 Å². The summed E-state index contributed by atoms with van der Waals surface area (Å²) in [7, 11) is -2.71. The largest absolute Gasteiger partial charge is 0.495 e. The van der Waals surface area contributed by atoms with Gasteiger partial charge in [-0.15, -0.1) is 0 Å². The molecule has 3 rings (SSSR count). The monoisotopic (exact) mass is 571 g/mol. The van der Waals surface area contributed by atoms with Crippen LogP contribution < -0.4 is 14.4 Å². The number of hydrogen-bond acceptors (Lipinski definition) is 5. The molecular formula is C29H34ClN3O5S. The molecule has 3 aromatic rings. The third-order valence-corrected chi connectivity index (χ3v) is 8.20. The van der Waals surface area contributed by atoms with Gasteiger partial charge in [-0.05, 0) is 63.1 Å². The smallest absolute Gasteiger partial charge is 0.264 e. The van der Waals surface area contributed by atoms with E-state index in [0.717, 1.165) is 9.87 Å². The van der Waals surface area contributed by atoms with Crippen LogP contribution in [0.5, 0.6) is 5.75 Å². The van der Waals surface area contributed by atoms with Crippen LogP contribution in [-0.2, 0) is 26.0 Å². The van der Waals surface area contributed by atoms with E-state index in [2.05, 4.69) is 5.32 Å². The van der Waals surface area contributed by atoms with Crippen molar-refractivity contribution in [1.29, 1.82) is 0 Å². The van der Waals surface area contributed by atoms with Gasteiger partial charge in [-0.1, -0.05) is 60.1 Å². The Hall–Kier alpha value is -3.56. The quantitative estimate of drug-likeness (QED) is 0.345. The molecule has 0 spiro atoms. The minimum absolute atomic E-state index is 0.0196. The number of nitrogens with zero attached hydrogens (tertiary/aromatic N) is 2. The number of halogens is 1. The highest BCUT2D eigenvalue weighted by Crippen LogP contribution is 2.32. The number of methoxy groups -OCH3 is 1. The van der Waals surface area contributed by atoms with Gasteiger partial charge in [0.2, 0.25) is 11.8 Å². The fourth-order valence-corrected chi connectivity index (χ4v) is 5.71. The predicted molar refractivity (Wildman–Crippen MR) is 154 cm³/mol. The van der Waals surface area contributed by atoms with E-state index in [9.17, 15) is 18.0 Å². The molecule has 0 heterocycles. The van der Waals surface area contributed by atoms with E-state index < -0.39 is 28.5 Å². The van der Waals surface area contributed by atoms with E-state index in [0.29, 0.717) is 12.2 Å². The lowest BCUT2D eigenvalue weighted by Crippen LogP contribution is -2.53. The molecule has 208 valence electrons. The summed E-state index contributed by atoms with van der Waals surface area (Å²) in [4.78, 5) is 28.2. The van der Waals surface area contributed by atoms with E-state index in [-0.39, 0.29) is 34.1 Å². The zero-order chi connectivity index (χ0) is 28.6. The van der Waals surface area contributed by atoms with E-state index in [1.165, 1.54) is 36.3 Å². The molecular weight excluding hydrogens is 538 g/mol. The molecule has 1 N–H and O–H groups in total. The molecule has 0 saturated carbocycles. The molecule has 3 aromatic carbocycles. The Balaban J connectivity index is 2.00. The molecule has 8 nitrogen and oxygen atoms in total. The molecule has 2 amide bonds. The van der Waals surface area contributed by atoms with Gasteiger partial charge < -0.3 is 15.0 Å². The van der Waals surface area contributed by atoms with Gasteiger partial charge in [0.25, 0.3) is 10.0 Å². The number of carbonyl (C=O) groups is 2. The molecule has 0 unspecified atom stereocenters. The fourth-order valence-electron chi connectivity index (χ4n) is 4.03.